The fourth-order valence-electron chi connectivity index (χ4n) is 1.82. The minimum absolute atomic E-state index is 0.00370. The van der Waals surface area contributed by atoms with Gasteiger partial charge in [-0.3, -0.25) is 9.69 Å². The van der Waals surface area contributed by atoms with Gasteiger partial charge in [0.05, 0.1) is 12.1 Å². The van der Waals surface area contributed by atoms with Crippen LogP contribution in [0.2, 0.25) is 0 Å². The first kappa shape index (κ1) is 12.2. The van der Waals surface area contributed by atoms with E-state index < -0.39 is 0 Å². The fraction of sp³-hybridized carbons (Fsp3) is 0.727. The molecule has 0 radical (unpaired) electrons. The highest BCUT2D eigenvalue weighted by atomic mass is 16.3. The summed E-state index contributed by atoms with van der Waals surface area (Å²) in [7, 11) is 0. The molecule has 86 valence electrons. The van der Waals surface area contributed by atoms with Gasteiger partial charge < -0.3 is 10.4 Å². The van der Waals surface area contributed by atoms with Crippen LogP contribution in [0.1, 0.15) is 19.8 Å². The van der Waals surface area contributed by atoms with Crippen molar-refractivity contribution >= 4 is 5.91 Å². The molecule has 15 heavy (non-hydrogen) atoms. The summed E-state index contributed by atoms with van der Waals surface area (Å²) < 4.78 is 0. The van der Waals surface area contributed by atoms with E-state index in [-0.39, 0.29) is 18.1 Å². The van der Waals surface area contributed by atoms with Gasteiger partial charge in [-0.15, -0.1) is 6.58 Å². The van der Waals surface area contributed by atoms with Crippen molar-refractivity contribution in [2.75, 3.05) is 19.6 Å². The number of nitrogens with zero attached hydrogens (tertiary/aromatic N) is 1. The predicted molar refractivity (Wildman–Crippen MR) is 59.5 cm³/mol. The molecule has 2 N–H and O–H groups in total. The van der Waals surface area contributed by atoms with Crippen molar-refractivity contribution in [1.29, 1.82) is 0 Å². The van der Waals surface area contributed by atoms with Crippen molar-refractivity contribution < 1.29 is 9.90 Å². The third-order valence-electron chi connectivity index (χ3n) is 2.78. The second-order valence-electron chi connectivity index (χ2n) is 4.00. The third-order valence-corrected chi connectivity index (χ3v) is 2.78. The van der Waals surface area contributed by atoms with E-state index in [1.54, 1.807) is 6.08 Å². The molecule has 0 aromatic heterocycles. The summed E-state index contributed by atoms with van der Waals surface area (Å²) >= 11 is 0. The van der Waals surface area contributed by atoms with Gasteiger partial charge in [0.15, 0.2) is 0 Å². The van der Waals surface area contributed by atoms with Crippen molar-refractivity contribution in [3.63, 3.8) is 0 Å². The van der Waals surface area contributed by atoms with Crippen LogP contribution < -0.4 is 5.32 Å². The predicted octanol–water partition coefficient (Wildman–Crippen LogP) is 0.134. The Balaban J connectivity index is 2.40. The summed E-state index contributed by atoms with van der Waals surface area (Å²) in [5, 5.41) is 12.3. The van der Waals surface area contributed by atoms with Gasteiger partial charge in [0.2, 0.25) is 5.91 Å². The van der Waals surface area contributed by atoms with Crippen LogP contribution in [0.25, 0.3) is 0 Å². The summed E-state index contributed by atoms with van der Waals surface area (Å²) in [6.45, 7) is 7.41. The maximum atomic E-state index is 11.6. The van der Waals surface area contributed by atoms with E-state index in [2.05, 4.69) is 11.9 Å². The average Bonchev–Trinajstić information content (AvgIpc) is 2.24. The van der Waals surface area contributed by atoms with Gasteiger partial charge in [-0.1, -0.05) is 6.08 Å². The molecule has 1 aliphatic heterocycles. The zero-order chi connectivity index (χ0) is 11.3. The second-order valence-corrected chi connectivity index (χ2v) is 4.00. The van der Waals surface area contributed by atoms with Crippen molar-refractivity contribution in [3.05, 3.63) is 12.7 Å². The molecule has 0 aromatic rings. The van der Waals surface area contributed by atoms with Crippen LogP contribution in [0, 0.1) is 0 Å². The molecule has 1 rings (SSSR count). The van der Waals surface area contributed by atoms with E-state index in [4.69, 9.17) is 0 Å². The van der Waals surface area contributed by atoms with Crippen molar-refractivity contribution in [3.8, 4) is 0 Å². The summed E-state index contributed by atoms with van der Waals surface area (Å²) in [6.07, 6.45) is 3.18. The number of aliphatic hydroxyl groups excluding tert-OH is 1. The molecule has 0 aliphatic carbocycles. The summed E-state index contributed by atoms with van der Waals surface area (Å²) in [5.74, 6) is 0.00370. The first-order valence-electron chi connectivity index (χ1n) is 5.46. The molecule has 1 amide bonds. The number of β-amino-alcohol motifs (C(OH)–C–C–N with tert-alkyl or cyclic N) is 1. The minimum Gasteiger partial charge on any atom is -0.392 e. The molecule has 1 aliphatic rings. The summed E-state index contributed by atoms with van der Waals surface area (Å²) in [4.78, 5) is 13.6. The normalized spacial score (nSPS) is 24.5. The Bertz CT molecular complexity index is 231. The van der Waals surface area contributed by atoms with E-state index in [9.17, 15) is 9.90 Å². The Hall–Kier alpha value is -0.870. The van der Waals surface area contributed by atoms with Gasteiger partial charge in [-0.25, -0.2) is 0 Å². The minimum atomic E-state index is -0.284. The number of nitrogens with one attached hydrogen (secondary N) is 1. The van der Waals surface area contributed by atoms with Crippen LogP contribution in [-0.2, 0) is 4.79 Å². The van der Waals surface area contributed by atoms with Gasteiger partial charge in [0.1, 0.15) is 0 Å². The lowest BCUT2D eigenvalue weighted by molar-refractivity contribution is -0.126. The molecule has 0 bridgehead atoms. The highest BCUT2D eigenvalue weighted by molar-refractivity contribution is 5.81. The van der Waals surface area contributed by atoms with Crippen LogP contribution in [-0.4, -0.2) is 47.7 Å². The molecule has 0 spiro atoms. The number of aliphatic hydroxyl groups is 1. The maximum absolute atomic E-state index is 11.6. The Morgan fingerprint density at radius 1 is 1.80 bits per heavy atom. The number of amides is 1. The molecule has 1 saturated heterocycles. The molecule has 0 aromatic carbocycles. The highest BCUT2D eigenvalue weighted by Gasteiger charge is 2.25. The van der Waals surface area contributed by atoms with E-state index in [0.29, 0.717) is 13.1 Å². The number of carbonyl (C=O) groups is 1. The van der Waals surface area contributed by atoms with Crippen molar-refractivity contribution in [1.82, 2.24) is 10.2 Å². The van der Waals surface area contributed by atoms with E-state index in [0.717, 1.165) is 19.4 Å². The number of hydrogen-bond acceptors (Lipinski definition) is 3. The second kappa shape index (κ2) is 5.88. The van der Waals surface area contributed by atoms with Crippen LogP contribution in [0.5, 0.6) is 0 Å². The Kier molecular flexibility index (Phi) is 4.78. The summed E-state index contributed by atoms with van der Waals surface area (Å²) in [5.41, 5.74) is 0. The van der Waals surface area contributed by atoms with E-state index >= 15 is 0 Å². The lowest BCUT2D eigenvalue weighted by Crippen LogP contribution is -2.50. The fourth-order valence-corrected chi connectivity index (χ4v) is 1.82. The molecular formula is C11H20N2O2. The van der Waals surface area contributed by atoms with E-state index in [1.165, 1.54) is 0 Å². The van der Waals surface area contributed by atoms with Gasteiger partial charge >= 0.3 is 0 Å². The first-order chi connectivity index (χ1) is 7.15. The molecule has 0 saturated carbocycles. The number of piperidine rings is 1. The SMILES string of the molecule is C=CCNC(=O)C(C)N1CCC[C@H](O)C1. The molecule has 1 unspecified atom stereocenters. The van der Waals surface area contributed by atoms with Gasteiger partial charge in [-0.05, 0) is 26.3 Å². The Labute approximate surface area is 91.0 Å². The largest absolute Gasteiger partial charge is 0.392 e. The molecule has 2 atom stereocenters. The number of carbonyl (C=O) groups excluding carboxylic acids is 1. The molecular weight excluding hydrogens is 192 g/mol. The maximum Gasteiger partial charge on any atom is 0.237 e. The standard InChI is InChI=1S/C11H20N2O2/c1-3-6-12-11(15)9(2)13-7-4-5-10(14)8-13/h3,9-10,14H,1,4-8H2,2H3,(H,12,15)/t9?,10-/m0/s1. The Morgan fingerprint density at radius 3 is 3.13 bits per heavy atom. The summed E-state index contributed by atoms with van der Waals surface area (Å²) in [6, 6.07) is -0.167. The monoisotopic (exact) mass is 212 g/mol. The first-order valence-corrected chi connectivity index (χ1v) is 5.46. The molecule has 4 nitrogen and oxygen atoms in total. The number of likely N-dealkylation sites (tertiary alicyclic amines) is 1. The lowest BCUT2D eigenvalue weighted by atomic mass is 10.1. The van der Waals surface area contributed by atoms with Gasteiger partial charge in [-0.2, -0.15) is 0 Å². The Morgan fingerprint density at radius 2 is 2.53 bits per heavy atom. The average molecular weight is 212 g/mol. The highest BCUT2D eigenvalue weighted by Crippen LogP contribution is 2.12. The van der Waals surface area contributed by atoms with Gasteiger partial charge in [0.25, 0.3) is 0 Å². The van der Waals surface area contributed by atoms with Gasteiger partial charge in [0, 0.05) is 13.1 Å². The van der Waals surface area contributed by atoms with Crippen LogP contribution in [0.3, 0.4) is 0 Å². The molecule has 1 fully saturated rings. The molecule has 1 heterocycles. The number of rotatable bonds is 4. The van der Waals surface area contributed by atoms with Crippen molar-refractivity contribution in [2.24, 2.45) is 0 Å². The van der Waals surface area contributed by atoms with Crippen LogP contribution in [0.15, 0.2) is 12.7 Å². The third kappa shape index (κ3) is 3.64. The van der Waals surface area contributed by atoms with Crippen LogP contribution in [0.4, 0.5) is 0 Å². The smallest absolute Gasteiger partial charge is 0.237 e. The number of hydrogen-bond donors (Lipinski definition) is 2. The lowest BCUT2D eigenvalue weighted by Gasteiger charge is -2.33. The molecule has 4 heteroatoms. The zero-order valence-corrected chi connectivity index (χ0v) is 9.28. The van der Waals surface area contributed by atoms with E-state index in [1.807, 2.05) is 11.8 Å². The topological polar surface area (TPSA) is 52.6 Å². The zero-order valence-electron chi connectivity index (χ0n) is 9.28. The van der Waals surface area contributed by atoms with Crippen LogP contribution >= 0.6 is 0 Å². The van der Waals surface area contributed by atoms with Crippen molar-refractivity contribution in [2.45, 2.75) is 31.9 Å². The quantitative estimate of drug-likeness (QED) is 0.651.